The second kappa shape index (κ2) is 4.65. The maximum atomic E-state index is 8.51. The summed E-state index contributed by atoms with van der Waals surface area (Å²) in [4.78, 5) is 0. The van der Waals surface area contributed by atoms with E-state index in [0.717, 1.165) is 0 Å². The smallest absolute Gasteiger partial charge is 0.113 e. The summed E-state index contributed by atoms with van der Waals surface area (Å²) in [6.07, 6.45) is 2.66. The zero-order chi connectivity index (χ0) is 6.41. The van der Waals surface area contributed by atoms with Gasteiger partial charge in [0.05, 0.1) is 12.4 Å². The average Bonchev–Trinajstić information content (AvgIpc) is 1.66. The van der Waals surface area contributed by atoms with Gasteiger partial charge in [-0.05, 0) is 13.8 Å². The van der Waals surface area contributed by atoms with E-state index in [1.54, 1.807) is 6.08 Å². The number of aliphatic hydroxyl groups excluding tert-OH is 1. The summed E-state index contributed by atoms with van der Waals surface area (Å²) in [5.74, 6) is 0. The molecule has 0 saturated carbocycles. The molecule has 0 aliphatic carbocycles. The summed E-state index contributed by atoms with van der Waals surface area (Å²) >= 11 is 0. The van der Waals surface area contributed by atoms with Crippen molar-refractivity contribution in [3.8, 4) is 0 Å². The fourth-order valence-corrected chi connectivity index (χ4v) is 0.263. The van der Waals surface area contributed by atoms with Gasteiger partial charge in [-0.2, -0.15) is 0 Å². The molecule has 2 nitrogen and oxygen atoms in total. The van der Waals surface area contributed by atoms with Crippen LogP contribution < -0.4 is 0 Å². The summed E-state index contributed by atoms with van der Waals surface area (Å²) in [6.45, 7) is 5.42. The maximum absolute atomic E-state index is 8.51. The van der Waals surface area contributed by atoms with Crippen molar-refractivity contribution in [1.82, 2.24) is 0 Å². The third kappa shape index (κ3) is 5.50. The summed E-state index contributed by atoms with van der Waals surface area (Å²) < 4.78 is 4.75. The number of aliphatic hydroxyl groups is 1. The fraction of sp³-hybridized carbons (Fsp3) is 0.500. The minimum atomic E-state index is -0.619. The number of rotatable bonds is 3. The molecule has 0 aliphatic rings. The van der Waals surface area contributed by atoms with Crippen molar-refractivity contribution in [2.75, 3.05) is 6.61 Å². The van der Waals surface area contributed by atoms with E-state index in [4.69, 9.17) is 9.84 Å². The van der Waals surface area contributed by atoms with Crippen molar-refractivity contribution in [2.24, 2.45) is 0 Å². The van der Waals surface area contributed by atoms with E-state index in [9.17, 15) is 0 Å². The lowest BCUT2D eigenvalue weighted by Crippen LogP contribution is -2.07. The van der Waals surface area contributed by atoms with Gasteiger partial charge in [-0.1, -0.05) is 6.08 Å². The molecule has 0 bridgehead atoms. The zero-order valence-corrected chi connectivity index (χ0v) is 5.00. The fourth-order valence-electron chi connectivity index (χ4n) is 0.263. The lowest BCUT2D eigenvalue weighted by Gasteiger charge is -2.00. The summed E-state index contributed by atoms with van der Waals surface area (Å²) in [5.41, 5.74) is 0. The van der Waals surface area contributed by atoms with Gasteiger partial charge in [0.25, 0.3) is 0 Å². The highest BCUT2D eigenvalue weighted by molar-refractivity contribution is 4.66. The first kappa shape index (κ1) is 7.50. The Balaban J connectivity index is 2.93. The Hall–Kier alpha value is -0.500. The highest BCUT2D eigenvalue weighted by Gasteiger charge is 1.89. The van der Waals surface area contributed by atoms with Crippen LogP contribution >= 0.6 is 0 Å². The first-order valence-electron chi connectivity index (χ1n) is 2.51. The van der Waals surface area contributed by atoms with Crippen LogP contribution in [0.1, 0.15) is 6.92 Å². The van der Waals surface area contributed by atoms with Gasteiger partial charge in [-0.3, -0.25) is 0 Å². The van der Waals surface area contributed by atoms with Crippen LogP contribution in [0.15, 0.2) is 12.3 Å². The van der Waals surface area contributed by atoms with E-state index in [1.165, 1.54) is 6.26 Å². The SMILES string of the molecule is [CH2]C(O)CO/C=C\C. The molecule has 8 heavy (non-hydrogen) atoms. The lowest BCUT2D eigenvalue weighted by atomic mass is 10.4. The third-order valence-corrected chi connectivity index (χ3v) is 0.521. The summed E-state index contributed by atoms with van der Waals surface area (Å²) in [6, 6.07) is 0. The molecule has 0 saturated heterocycles. The van der Waals surface area contributed by atoms with Gasteiger partial charge in [0.1, 0.15) is 6.61 Å². The van der Waals surface area contributed by atoms with E-state index in [2.05, 4.69) is 6.92 Å². The standard InChI is InChI=1S/C6H11O2/c1-3-4-8-5-6(2)7/h3-4,6-7H,2,5H2,1H3/b4-3-. The second-order valence-corrected chi connectivity index (χ2v) is 1.46. The second-order valence-electron chi connectivity index (χ2n) is 1.46. The minimum Gasteiger partial charge on any atom is -0.499 e. The first-order chi connectivity index (χ1) is 3.77. The molecule has 0 aliphatic heterocycles. The van der Waals surface area contributed by atoms with Crippen LogP contribution in [-0.4, -0.2) is 17.8 Å². The van der Waals surface area contributed by atoms with Gasteiger partial charge in [-0.15, -0.1) is 0 Å². The predicted molar refractivity (Wildman–Crippen MR) is 32.1 cm³/mol. The van der Waals surface area contributed by atoms with Crippen molar-refractivity contribution in [1.29, 1.82) is 0 Å². The Kier molecular flexibility index (Phi) is 4.36. The van der Waals surface area contributed by atoms with Crippen molar-refractivity contribution in [3.63, 3.8) is 0 Å². The molecule has 0 fully saturated rings. The van der Waals surface area contributed by atoms with E-state index in [0.29, 0.717) is 0 Å². The number of hydrogen-bond acceptors (Lipinski definition) is 2. The Morgan fingerprint density at radius 2 is 2.50 bits per heavy atom. The minimum absolute atomic E-state index is 0.268. The molecule has 2 heteroatoms. The van der Waals surface area contributed by atoms with Crippen molar-refractivity contribution < 1.29 is 9.84 Å². The number of allylic oxidation sites excluding steroid dienone is 1. The van der Waals surface area contributed by atoms with Crippen molar-refractivity contribution in [3.05, 3.63) is 19.3 Å². The van der Waals surface area contributed by atoms with Gasteiger partial charge < -0.3 is 9.84 Å². The predicted octanol–water partition coefficient (Wildman–Crippen LogP) is 0.732. The van der Waals surface area contributed by atoms with E-state index in [-0.39, 0.29) is 6.61 Å². The van der Waals surface area contributed by atoms with Crippen LogP contribution in [0.25, 0.3) is 0 Å². The van der Waals surface area contributed by atoms with Crippen LogP contribution in [0.3, 0.4) is 0 Å². The number of hydrogen-bond donors (Lipinski definition) is 1. The molecule has 1 unspecified atom stereocenters. The Bertz CT molecular complexity index is 66.9. The lowest BCUT2D eigenvalue weighted by molar-refractivity contribution is 0.115. The third-order valence-electron chi connectivity index (χ3n) is 0.521. The van der Waals surface area contributed by atoms with Crippen molar-refractivity contribution >= 4 is 0 Å². The van der Waals surface area contributed by atoms with Gasteiger partial charge in [0, 0.05) is 0 Å². The first-order valence-corrected chi connectivity index (χ1v) is 2.51. The van der Waals surface area contributed by atoms with E-state index >= 15 is 0 Å². The monoisotopic (exact) mass is 115 g/mol. The van der Waals surface area contributed by atoms with E-state index in [1.807, 2.05) is 6.92 Å². The Morgan fingerprint density at radius 3 is 2.88 bits per heavy atom. The zero-order valence-electron chi connectivity index (χ0n) is 5.00. The highest BCUT2D eigenvalue weighted by Crippen LogP contribution is 1.81. The molecule has 1 radical (unpaired) electrons. The van der Waals surface area contributed by atoms with Crippen LogP contribution in [0.4, 0.5) is 0 Å². The molecule has 0 amide bonds. The molecule has 0 aromatic carbocycles. The Labute approximate surface area is 49.8 Å². The molecule has 0 aromatic rings. The summed E-state index contributed by atoms with van der Waals surface area (Å²) in [7, 11) is 0. The van der Waals surface area contributed by atoms with Gasteiger partial charge in [0.15, 0.2) is 0 Å². The molecular weight excluding hydrogens is 104 g/mol. The number of ether oxygens (including phenoxy) is 1. The molecule has 0 rings (SSSR count). The molecule has 0 heterocycles. The van der Waals surface area contributed by atoms with Crippen LogP contribution in [0.2, 0.25) is 0 Å². The summed E-state index contributed by atoms with van der Waals surface area (Å²) in [5, 5.41) is 8.51. The van der Waals surface area contributed by atoms with Crippen molar-refractivity contribution in [2.45, 2.75) is 13.0 Å². The van der Waals surface area contributed by atoms with E-state index < -0.39 is 6.10 Å². The molecule has 1 N–H and O–H groups in total. The molecule has 0 spiro atoms. The van der Waals surface area contributed by atoms with Crippen LogP contribution in [0.5, 0.6) is 0 Å². The van der Waals surface area contributed by atoms with Gasteiger partial charge in [0.2, 0.25) is 0 Å². The normalized spacial score (nSPS) is 14.4. The largest absolute Gasteiger partial charge is 0.499 e. The highest BCUT2D eigenvalue weighted by atomic mass is 16.5. The quantitative estimate of drug-likeness (QED) is 0.549. The van der Waals surface area contributed by atoms with Crippen LogP contribution in [0, 0.1) is 6.92 Å². The van der Waals surface area contributed by atoms with Crippen LogP contribution in [-0.2, 0) is 4.74 Å². The Morgan fingerprint density at radius 1 is 1.88 bits per heavy atom. The average molecular weight is 115 g/mol. The molecule has 1 atom stereocenters. The molecule has 47 valence electrons. The maximum Gasteiger partial charge on any atom is 0.113 e. The topological polar surface area (TPSA) is 29.5 Å². The van der Waals surface area contributed by atoms with Gasteiger partial charge in [-0.25, -0.2) is 0 Å². The molecule has 0 aromatic heterocycles. The molecular formula is C6H11O2. The van der Waals surface area contributed by atoms with Gasteiger partial charge >= 0.3 is 0 Å².